The summed E-state index contributed by atoms with van der Waals surface area (Å²) < 4.78 is 6.67. The van der Waals surface area contributed by atoms with E-state index >= 15 is 0 Å². The zero-order valence-electron chi connectivity index (χ0n) is 19.5. The molecule has 7 nitrogen and oxygen atoms in total. The molecule has 3 aromatic rings. The van der Waals surface area contributed by atoms with E-state index in [0.29, 0.717) is 26.1 Å². The van der Waals surface area contributed by atoms with E-state index in [2.05, 4.69) is 46.6 Å². The minimum absolute atomic E-state index is 0.687. The van der Waals surface area contributed by atoms with Crippen LogP contribution in [0.3, 0.4) is 0 Å². The maximum absolute atomic E-state index is 11.4. The van der Waals surface area contributed by atoms with Gasteiger partial charge >= 0.3 is 0 Å². The summed E-state index contributed by atoms with van der Waals surface area (Å²) in [5.74, 6) is 1.66. The van der Waals surface area contributed by atoms with E-state index in [9.17, 15) is 5.11 Å². The smallest absolute Gasteiger partial charge is 0.162 e. The van der Waals surface area contributed by atoms with Crippen molar-refractivity contribution in [1.82, 2.24) is 15.3 Å². The number of aliphatic imine (C=N–C) groups is 1. The average Bonchev–Trinajstić information content (AvgIpc) is 3.51. The molecule has 0 atom stereocenters. The van der Waals surface area contributed by atoms with E-state index in [1.54, 1.807) is 11.3 Å². The van der Waals surface area contributed by atoms with Crippen molar-refractivity contribution >= 4 is 49.9 Å². The Morgan fingerprint density at radius 3 is 2.77 bits per heavy atom. The van der Waals surface area contributed by atoms with Crippen LogP contribution < -0.4 is 10.2 Å². The highest BCUT2D eigenvalue weighted by molar-refractivity contribution is 7.19. The number of hydrogen-bond donors (Lipinski definition) is 2. The number of aromatic nitrogens is 2. The largest absolute Gasteiger partial charge is 0.384 e. The lowest BCUT2D eigenvalue weighted by molar-refractivity contribution is 0.00950. The van der Waals surface area contributed by atoms with Gasteiger partial charge in [0.15, 0.2) is 11.6 Å². The Morgan fingerprint density at radius 1 is 1.09 bits per heavy atom. The van der Waals surface area contributed by atoms with Crippen LogP contribution in [0.5, 0.6) is 0 Å². The SMILES string of the molecule is OC1(c2cc3nc(C4=C5C(=Nc6ccccc65)CC=C4)nc(N4CCOCC4)c3s2)CCNCC1. The van der Waals surface area contributed by atoms with E-state index in [1.165, 1.54) is 0 Å². The maximum Gasteiger partial charge on any atom is 0.162 e. The number of allylic oxidation sites excluding steroid dienone is 4. The summed E-state index contributed by atoms with van der Waals surface area (Å²) in [5, 5.41) is 14.8. The number of anilines is 1. The minimum Gasteiger partial charge on any atom is -0.384 e. The third kappa shape index (κ3) is 3.55. The van der Waals surface area contributed by atoms with Crippen LogP contribution in [0.1, 0.15) is 35.5 Å². The predicted molar refractivity (Wildman–Crippen MR) is 141 cm³/mol. The van der Waals surface area contributed by atoms with E-state index in [-0.39, 0.29) is 0 Å². The molecule has 0 amide bonds. The molecule has 2 N–H and O–H groups in total. The lowest BCUT2D eigenvalue weighted by atomic mass is 9.90. The molecular formula is C27H27N5O2S. The van der Waals surface area contributed by atoms with E-state index in [0.717, 1.165) is 87.4 Å². The molecule has 1 aromatic carbocycles. The summed E-state index contributed by atoms with van der Waals surface area (Å²) >= 11 is 1.64. The molecule has 2 aromatic heterocycles. The second-order valence-corrected chi connectivity index (χ2v) is 10.6. The Bertz CT molecular complexity index is 1410. The van der Waals surface area contributed by atoms with E-state index in [4.69, 9.17) is 19.7 Å². The third-order valence-electron chi connectivity index (χ3n) is 7.38. The molecule has 0 radical (unpaired) electrons. The Labute approximate surface area is 207 Å². The van der Waals surface area contributed by atoms with Crippen molar-refractivity contribution in [2.75, 3.05) is 44.3 Å². The average molecular weight is 486 g/mol. The fourth-order valence-electron chi connectivity index (χ4n) is 5.49. The Balaban J connectivity index is 1.42. The molecule has 0 saturated carbocycles. The number of rotatable bonds is 3. The summed E-state index contributed by atoms with van der Waals surface area (Å²) in [7, 11) is 0. The van der Waals surface area contributed by atoms with Gasteiger partial charge in [-0.05, 0) is 38.1 Å². The number of ether oxygens (including phenoxy) is 1. The topological polar surface area (TPSA) is 82.9 Å². The molecule has 0 unspecified atom stereocenters. The molecule has 35 heavy (non-hydrogen) atoms. The highest BCUT2D eigenvalue weighted by Crippen LogP contribution is 2.44. The number of para-hydroxylation sites is 1. The number of nitrogens with zero attached hydrogens (tertiary/aromatic N) is 4. The first-order valence-corrected chi connectivity index (χ1v) is 13.2. The van der Waals surface area contributed by atoms with Gasteiger partial charge in [-0.15, -0.1) is 11.3 Å². The number of morpholine rings is 1. The first-order valence-electron chi connectivity index (χ1n) is 12.4. The number of fused-ring (bicyclic) bond motifs is 4. The summed E-state index contributed by atoms with van der Waals surface area (Å²) in [5.41, 5.74) is 5.49. The molecule has 5 heterocycles. The lowest BCUT2D eigenvalue weighted by Gasteiger charge is -2.31. The van der Waals surface area contributed by atoms with Crippen molar-refractivity contribution in [3.8, 4) is 0 Å². The Kier molecular flexibility index (Phi) is 5.10. The monoisotopic (exact) mass is 485 g/mol. The Morgan fingerprint density at radius 2 is 1.91 bits per heavy atom. The first-order chi connectivity index (χ1) is 17.2. The molecule has 0 spiro atoms. The van der Waals surface area contributed by atoms with Crippen LogP contribution in [0.25, 0.3) is 21.4 Å². The van der Waals surface area contributed by atoms with Crippen LogP contribution in [0, 0.1) is 0 Å². The van der Waals surface area contributed by atoms with Crippen molar-refractivity contribution < 1.29 is 9.84 Å². The Hall–Kier alpha value is -2.91. The molecule has 2 fully saturated rings. The molecule has 3 aliphatic heterocycles. The second kappa shape index (κ2) is 8.34. The first kappa shape index (κ1) is 21.4. The molecule has 4 aliphatic rings. The van der Waals surface area contributed by atoms with Gasteiger partial charge in [-0.1, -0.05) is 30.4 Å². The van der Waals surface area contributed by atoms with Gasteiger partial charge < -0.3 is 20.1 Å². The summed E-state index contributed by atoms with van der Waals surface area (Å²) in [6.45, 7) is 4.61. The van der Waals surface area contributed by atoms with Crippen LogP contribution in [-0.4, -0.2) is 60.2 Å². The van der Waals surface area contributed by atoms with Gasteiger partial charge in [-0.25, -0.2) is 9.97 Å². The summed E-state index contributed by atoms with van der Waals surface area (Å²) in [4.78, 5) is 18.4. The minimum atomic E-state index is -0.810. The van der Waals surface area contributed by atoms with Crippen LogP contribution in [0.15, 0.2) is 47.5 Å². The van der Waals surface area contributed by atoms with Crippen molar-refractivity contribution in [2.45, 2.75) is 24.9 Å². The van der Waals surface area contributed by atoms with Gasteiger partial charge in [-0.3, -0.25) is 4.99 Å². The normalized spacial score (nSPS) is 21.3. The van der Waals surface area contributed by atoms with Crippen LogP contribution in [0.4, 0.5) is 11.5 Å². The number of thiophene rings is 1. The van der Waals surface area contributed by atoms with Crippen molar-refractivity contribution in [3.05, 3.63) is 58.7 Å². The van der Waals surface area contributed by atoms with Crippen LogP contribution >= 0.6 is 11.3 Å². The van der Waals surface area contributed by atoms with Crippen molar-refractivity contribution in [3.63, 3.8) is 0 Å². The highest BCUT2D eigenvalue weighted by Gasteiger charge is 2.34. The standard InChI is InChI=1S/C27H27N5O2S/c33-27(8-10-28-11-9-27)22-16-21-24(35-22)26(32-12-14-34-15-13-32)31-25(30-21)18-5-3-7-20-23(18)17-4-1-2-6-19(17)29-20/h1-6,16,28,33H,7-15H2. The fourth-order valence-corrected chi connectivity index (χ4v) is 6.75. The molecular weight excluding hydrogens is 458 g/mol. The number of nitrogens with one attached hydrogen (secondary N) is 1. The maximum atomic E-state index is 11.4. The van der Waals surface area contributed by atoms with E-state index in [1.807, 2.05) is 6.07 Å². The zero-order valence-corrected chi connectivity index (χ0v) is 20.3. The molecule has 7 rings (SSSR count). The second-order valence-electron chi connectivity index (χ2n) is 9.55. The molecule has 1 aliphatic carbocycles. The molecule has 0 bridgehead atoms. The fraction of sp³-hybridized carbons (Fsp3) is 0.370. The van der Waals surface area contributed by atoms with Crippen molar-refractivity contribution in [2.24, 2.45) is 4.99 Å². The highest BCUT2D eigenvalue weighted by atomic mass is 32.1. The van der Waals surface area contributed by atoms with Gasteiger partial charge in [0.2, 0.25) is 0 Å². The molecule has 178 valence electrons. The number of aliphatic hydroxyl groups is 1. The van der Waals surface area contributed by atoms with Gasteiger partial charge in [0.1, 0.15) is 5.60 Å². The van der Waals surface area contributed by atoms with Gasteiger partial charge in [-0.2, -0.15) is 0 Å². The van der Waals surface area contributed by atoms with Gasteiger partial charge in [0.25, 0.3) is 0 Å². The van der Waals surface area contributed by atoms with Crippen molar-refractivity contribution in [1.29, 1.82) is 0 Å². The lowest BCUT2D eigenvalue weighted by Crippen LogP contribution is -2.39. The summed E-state index contributed by atoms with van der Waals surface area (Å²) in [6.07, 6.45) is 6.54. The van der Waals surface area contributed by atoms with Gasteiger partial charge in [0, 0.05) is 41.1 Å². The number of piperidine rings is 1. The van der Waals surface area contributed by atoms with Crippen LogP contribution in [0.2, 0.25) is 0 Å². The van der Waals surface area contributed by atoms with Gasteiger partial charge in [0.05, 0.1) is 34.8 Å². The zero-order chi connectivity index (χ0) is 23.4. The van der Waals surface area contributed by atoms with Crippen LogP contribution in [-0.2, 0) is 10.3 Å². The quantitative estimate of drug-likeness (QED) is 0.582. The predicted octanol–water partition coefficient (Wildman–Crippen LogP) is 4.06. The molecule has 8 heteroatoms. The van der Waals surface area contributed by atoms with E-state index < -0.39 is 5.60 Å². The number of hydrogen-bond acceptors (Lipinski definition) is 8. The third-order valence-corrected chi connectivity index (χ3v) is 8.69. The number of benzene rings is 1. The molecule has 2 saturated heterocycles. The summed E-state index contributed by atoms with van der Waals surface area (Å²) in [6, 6.07) is 10.4.